The Hall–Kier alpha value is -2.95. The van der Waals surface area contributed by atoms with Crippen LogP contribution in [0, 0.1) is 11.3 Å². The second-order valence-electron chi connectivity index (χ2n) is 6.30. The maximum atomic E-state index is 8.89. The zero-order valence-corrected chi connectivity index (χ0v) is 14.5. The molecule has 1 saturated heterocycles. The summed E-state index contributed by atoms with van der Waals surface area (Å²) in [6, 6.07) is 13.5. The summed E-state index contributed by atoms with van der Waals surface area (Å²) >= 11 is 0. The highest BCUT2D eigenvalue weighted by molar-refractivity contribution is 5.54. The number of hydrogen-bond donors (Lipinski definition) is 0. The molecule has 4 rings (SSSR count). The molecule has 132 valence electrons. The summed E-state index contributed by atoms with van der Waals surface area (Å²) in [7, 11) is 2.04. The van der Waals surface area contributed by atoms with Gasteiger partial charge in [0.1, 0.15) is 0 Å². The van der Waals surface area contributed by atoms with Crippen LogP contribution in [0.2, 0.25) is 0 Å². The van der Waals surface area contributed by atoms with Crippen molar-refractivity contribution in [2.24, 2.45) is 7.05 Å². The zero-order chi connectivity index (χ0) is 17.9. The van der Waals surface area contributed by atoms with Crippen molar-refractivity contribution in [3.8, 4) is 17.5 Å². The molecule has 1 aromatic carbocycles. The normalized spacial score (nSPS) is 17.9. The molecule has 1 aliphatic heterocycles. The zero-order valence-electron chi connectivity index (χ0n) is 14.5. The fourth-order valence-corrected chi connectivity index (χ4v) is 3.22. The Balaban J connectivity index is 1.52. The number of aryl methyl sites for hydroxylation is 1. The predicted molar refractivity (Wildman–Crippen MR) is 93.8 cm³/mol. The minimum atomic E-state index is 0.161. The van der Waals surface area contributed by atoms with Gasteiger partial charge in [-0.05, 0) is 36.4 Å². The van der Waals surface area contributed by atoms with Gasteiger partial charge in [0, 0.05) is 31.0 Å². The Labute approximate surface area is 151 Å². The molecule has 2 aromatic heterocycles. The average molecular weight is 349 g/mol. The van der Waals surface area contributed by atoms with Crippen LogP contribution in [0.5, 0.6) is 0 Å². The highest BCUT2D eigenvalue weighted by Crippen LogP contribution is 2.26. The van der Waals surface area contributed by atoms with Crippen LogP contribution >= 0.6 is 0 Å². The van der Waals surface area contributed by atoms with Crippen molar-refractivity contribution in [2.75, 3.05) is 19.8 Å². The van der Waals surface area contributed by atoms with Gasteiger partial charge in [0.05, 0.1) is 37.4 Å². The van der Waals surface area contributed by atoms with E-state index in [4.69, 9.17) is 14.4 Å². The van der Waals surface area contributed by atoms with Crippen molar-refractivity contribution in [3.05, 3.63) is 59.7 Å². The van der Waals surface area contributed by atoms with Crippen LogP contribution in [-0.2, 0) is 18.3 Å². The van der Waals surface area contributed by atoms with Gasteiger partial charge in [-0.25, -0.2) is 0 Å². The molecule has 7 heteroatoms. The van der Waals surface area contributed by atoms with Gasteiger partial charge in [0.2, 0.25) is 11.8 Å². The topological polar surface area (TPSA) is 80.1 Å². The van der Waals surface area contributed by atoms with Gasteiger partial charge in [-0.2, -0.15) is 5.26 Å². The maximum absolute atomic E-state index is 8.89. The molecule has 1 atom stereocenters. The Bertz CT molecular complexity index is 922. The van der Waals surface area contributed by atoms with E-state index in [-0.39, 0.29) is 6.04 Å². The summed E-state index contributed by atoms with van der Waals surface area (Å²) in [5.41, 5.74) is 2.62. The molecule has 3 aromatic rings. The molecule has 0 saturated carbocycles. The molecule has 26 heavy (non-hydrogen) atoms. The molecular weight excluding hydrogens is 330 g/mol. The lowest BCUT2D eigenvalue weighted by Gasteiger charge is -2.34. The largest absolute Gasteiger partial charge is 0.419 e. The molecule has 0 aliphatic carbocycles. The number of aromatic nitrogens is 3. The average Bonchev–Trinajstić information content (AvgIpc) is 3.31. The number of benzene rings is 1. The summed E-state index contributed by atoms with van der Waals surface area (Å²) in [6.45, 7) is 2.72. The molecule has 0 radical (unpaired) electrons. The molecule has 0 bridgehead atoms. The second-order valence-corrected chi connectivity index (χ2v) is 6.30. The maximum Gasteiger partial charge on any atom is 0.247 e. The van der Waals surface area contributed by atoms with E-state index in [0.717, 1.165) is 12.1 Å². The standard InChI is InChI=1S/C19H19N5O2/c1-23-8-2-3-16(23)17-13-25-10-9-24(17)12-18-21-22-19(26-18)15-6-4-14(11-20)5-7-15/h2-8,17H,9-10,12-13H2,1H3. The fourth-order valence-electron chi connectivity index (χ4n) is 3.22. The molecule has 0 N–H and O–H groups in total. The summed E-state index contributed by atoms with van der Waals surface area (Å²) in [4.78, 5) is 2.30. The van der Waals surface area contributed by atoms with Gasteiger partial charge in [-0.15, -0.1) is 10.2 Å². The van der Waals surface area contributed by atoms with Crippen LogP contribution in [0.3, 0.4) is 0 Å². The molecule has 3 heterocycles. The molecule has 7 nitrogen and oxygen atoms in total. The highest BCUT2D eigenvalue weighted by Gasteiger charge is 2.27. The summed E-state index contributed by atoms with van der Waals surface area (Å²) in [5.74, 6) is 1.04. The summed E-state index contributed by atoms with van der Waals surface area (Å²) in [5, 5.41) is 17.2. The first-order valence-electron chi connectivity index (χ1n) is 8.50. The van der Waals surface area contributed by atoms with Crippen LogP contribution in [0.1, 0.15) is 23.2 Å². The number of hydrogen-bond acceptors (Lipinski definition) is 6. The van der Waals surface area contributed by atoms with E-state index < -0.39 is 0 Å². The van der Waals surface area contributed by atoms with E-state index in [1.807, 2.05) is 31.4 Å². The van der Waals surface area contributed by atoms with Crippen molar-refractivity contribution in [3.63, 3.8) is 0 Å². The third-order valence-corrected chi connectivity index (χ3v) is 4.63. The van der Waals surface area contributed by atoms with Crippen molar-refractivity contribution in [1.29, 1.82) is 5.26 Å². The van der Waals surface area contributed by atoms with Gasteiger partial charge >= 0.3 is 0 Å². The van der Waals surface area contributed by atoms with Crippen molar-refractivity contribution < 1.29 is 9.15 Å². The Morgan fingerprint density at radius 1 is 1.23 bits per heavy atom. The summed E-state index contributed by atoms with van der Waals surface area (Å²) < 4.78 is 13.6. The van der Waals surface area contributed by atoms with Gasteiger partial charge in [-0.3, -0.25) is 4.90 Å². The van der Waals surface area contributed by atoms with Gasteiger partial charge < -0.3 is 13.7 Å². The lowest BCUT2D eigenvalue weighted by atomic mass is 10.1. The molecule has 0 spiro atoms. The predicted octanol–water partition coefficient (Wildman–Crippen LogP) is 2.52. The van der Waals surface area contributed by atoms with Crippen molar-refractivity contribution in [2.45, 2.75) is 12.6 Å². The van der Waals surface area contributed by atoms with E-state index in [2.05, 4.69) is 31.8 Å². The first-order valence-corrected chi connectivity index (χ1v) is 8.50. The van der Waals surface area contributed by atoms with E-state index in [0.29, 0.717) is 37.1 Å². The van der Waals surface area contributed by atoms with Crippen LogP contribution in [0.25, 0.3) is 11.5 Å². The van der Waals surface area contributed by atoms with Gasteiger partial charge in [0.15, 0.2) is 0 Å². The second kappa shape index (κ2) is 7.12. The number of nitriles is 1. The number of ether oxygens (including phenoxy) is 1. The van der Waals surface area contributed by atoms with Crippen molar-refractivity contribution in [1.82, 2.24) is 19.7 Å². The minimum Gasteiger partial charge on any atom is -0.419 e. The van der Waals surface area contributed by atoms with Crippen molar-refractivity contribution >= 4 is 0 Å². The first kappa shape index (κ1) is 16.5. The minimum absolute atomic E-state index is 0.161. The molecule has 1 fully saturated rings. The third-order valence-electron chi connectivity index (χ3n) is 4.63. The number of morpholine rings is 1. The fraction of sp³-hybridized carbons (Fsp3) is 0.316. The van der Waals surface area contributed by atoms with Crippen LogP contribution < -0.4 is 0 Å². The van der Waals surface area contributed by atoms with Gasteiger partial charge in [-0.1, -0.05) is 0 Å². The highest BCUT2D eigenvalue weighted by atomic mass is 16.5. The molecule has 0 amide bonds. The summed E-state index contributed by atoms with van der Waals surface area (Å²) in [6.07, 6.45) is 2.04. The van der Waals surface area contributed by atoms with E-state index >= 15 is 0 Å². The quantitative estimate of drug-likeness (QED) is 0.720. The Morgan fingerprint density at radius 2 is 2.08 bits per heavy atom. The van der Waals surface area contributed by atoms with Crippen LogP contribution in [0.4, 0.5) is 0 Å². The van der Waals surface area contributed by atoms with E-state index in [1.54, 1.807) is 12.1 Å². The molecule has 1 aliphatic rings. The number of rotatable bonds is 4. The Morgan fingerprint density at radius 3 is 2.81 bits per heavy atom. The molecular formula is C19H19N5O2. The number of nitrogens with zero attached hydrogens (tertiary/aromatic N) is 5. The van der Waals surface area contributed by atoms with E-state index in [9.17, 15) is 0 Å². The lowest BCUT2D eigenvalue weighted by molar-refractivity contribution is -0.0185. The van der Waals surface area contributed by atoms with Crippen LogP contribution in [0.15, 0.2) is 47.0 Å². The van der Waals surface area contributed by atoms with Gasteiger partial charge in [0.25, 0.3) is 0 Å². The lowest BCUT2D eigenvalue weighted by Crippen LogP contribution is -2.39. The monoisotopic (exact) mass is 349 g/mol. The van der Waals surface area contributed by atoms with Crippen LogP contribution in [-0.4, -0.2) is 39.4 Å². The SMILES string of the molecule is Cn1cccc1C1COCCN1Cc1nnc(-c2ccc(C#N)cc2)o1. The Kier molecular flexibility index (Phi) is 4.52. The molecule has 1 unspecified atom stereocenters. The smallest absolute Gasteiger partial charge is 0.247 e. The first-order chi connectivity index (χ1) is 12.7. The third kappa shape index (κ3) is 3.25. The van der Waals surface area contributed by atoms with E-state index in [1.165, 1.54) is 5.69 Å².